The van der Waals surface area contributed by atoms with E-state index in [0.29, 0.717) is 11.3 Å². The van der Waals surface area contributed by atoms with Crippen LogP contribution < -0.4 is 10.2 Å². The van der Waals surface area contributed by atoms with E-state index in [4.69, 9.17) is 5.21 Å². The summed E-state index contributed by atoms with van der Waals surface area (Å²) in [6, 6.07) is 13.2. The molecule has 0 aliphatic heterocycles. The fraction of sp³-hybridized carbons (Fsp3) is 0.0625. The second-order valence-electron chi connectivity index (χ2n) is 4.72. The molecule has 0 fully saturated rings. The van der Waals surface area contributed by atoms with Gasteiger partial charge in [0.15, 0.2) is 0 Å². The number of nitrogens with one attached hydrogen (secondary N) is 2. The quantitative estimate of drug-likeness (QED) is 0.317. The third-order valence-corrected chi connectivity index (χ3v) is 5.17. The Bertz CT molecular complexity index is 847. The van der Waals surface area contributed by atoms with Crippen LogP contribution in [0.5, 0.6) is 0 Å². The van der Waals surface area contributed by atoms with Crippen LogP contribution in [0.15, 0.2) is 64.4 Å². The van der Waals surface area contributed by atoms with Gasteiger partial charge in [-0.25, -0.2) is 13.9 Å². The van der Waals surface area contributed by atoms with Crippen LogP contribution in [-0.4, -0.2) is 25.8 Å². The third kappa shape index (κ3) is 4.85. The summed E-state index contributed by atoms with van der Waals surface area (Å²) in [6.07, 6.45) is 4.44. The summed E-state index contributed by atoms with van der Waals surface area (Å²) in [6.45, 7) is 0. The Labute approximate surface area is 144 Å². The van der Waals surface area contributed by atoms with Crippen molar-refractivity contribution in [3.63, 3.8) is 0 Å². The van der Waals surface area contributed by atoms with Crippen molar-refractivity contribution in [2.75, 3.05) is 11.0 Å². The molecule has 2 rings (SSSR count). The van der Waals surface area contributed by atoms with Gasteiger partial charge in [-0.2, -0.15) is 0 Å². The molecule has 0 bridgehead atoms. The number of anilines is 1. The fourth-order valence-corrected chi connectivity index (χ4v) is 3.39. The third-order valence-electron chi connectivity index (χ3n) is 3.05. The summed E-state index contributed by atoms with van der Waals surface area (Å²) in [4.78, 5) is 12.1. The summed E-state index contributed by atoms with van der Waals surface area (Å²) in [7, 11) is -3.74. The van der Waals surface area contributed by atoms with Gasteiger partial charge in [-0.15, -0.1) is 11.8 Å². The SMILES string of the molecule is CSc1ccc(NS(=O)(=O)c2cccc(/C=C/C(=O)NO)c2)cc1. The number of rotatable bonds is 6. The number of sulfonamides is 1. The van der Waals surface area contributed by atoms with Crippen LogP contribution in [0.1, 0.15) is 5.56 Å². The van der Waals surface area contributed by atoms with Gasteiger partial charge in [0.2, 0.25) is 0 Å². The lowest BCUT2D eigenvalue weighted by molar-refractivity contribution is -0.124. The van der Waals surface area contributed by atoms with E-state index in [0.717, 1.165) is 11.0 Å². The first-order valence-corrected chi connectivity index (χ1v) is 9.54. The lowest BCUT2D eigenvalue weighted by Gasteiger charge is -2.09. The van der Waals surface area contributed by atoms with Crippen LogP contribution in [-0.2, 0) is 14.8 Å². The van der Waals surface area contributed by atoms with Gasteiger partial charge < -0.3 is 0 Å². The van der Waals surface area contributed by atoms with Gasteiger partial charge in [-0.05, 0) is 54.3 Å². The Morgan fingerprint density at radius 1 is 1.17 bits per heavy atom. The lowest BCUT2D eigenvalue weighted by atomic mass is 10.2. The van der Waals surface area contributed by atoms with Crippen molar-refractivity contribution < 1.29 is 18.4 Å². The van der Waals surface area contributed by atoms with Gasteiger partial charge in [0.1, 0.15) is 0 Å². The standard InChI is InChI=1S/C16H16N2O4S2/c1-23-14-8-6-13(7-9-14)18-24(21,22)15-4-2-3-12(11-15)5-10-16(19)17-20/h2-11,18,20H,1H3,(H,17,19)/b10-5+. The number of hydrogen-bond acceptors (Lipinski definition) is 5. The molecule has 1 amide bonds. The molecule has 3 N–H and O–H groups in total. The molecule has 8 heteroatoms. The number of amides is 1. The molecule has 0 aliphatic carbocycles. The Balaban J connectivity index is 2.22. The molecule has 0 radical (unpaired) electrons. The summed E-state index contributed by atoms with van der Waals surface area (Å²) in [5, 5.41) is 8.44. The van der Waals surface area contributed by atoms with E-state index in [-0.39, 0.29) is 4.90 Å². The molecule has 24 heavy (non-hydrogen) atoms. The highest BCUT2D eigenvalue weighted by Crippen LogP contribution is 2.21. The number of thioether (sulfide) groups is 1. The number of carbonyl (C=O) groups is 1. The van der Waals surface area contributed by atoms with Gasteiger partial charge in [0, 0.05) is 16.7 Å². The minimum atomic E-state index is -3.74. The minimum absolute atomic E-state index is 0.0722. The molecule has 0 atom stereocenters. The van der Waals surface area contributed by atoms with Crippen LogP contribution in [0, 0.1) is 0 Å². The van der Waals surface area contributed by atoms with Gasteiger partial charge in [0.25, 0.3) is 15.9 Å². The van der Waals surface area contributed by atoms with Crippen LogP contribution >= 0.6 is 11.8 Å². The Hall–Kier alpha value is -2.29. The molecule has 2 aromatic carbocycles. The highest BCUT2D eigenvalue weighted by molar-refractivity contribution is 7.98. The molecule has 0 aromatic heterocycles. The molecule has 0 unspecified atom stereocenters. The maximum Gasteiger partial charge on any atom is 0.267 e. The zero-order valence-electron chi connectivity index (χ0n) is 12.8. The second kappa shape index (κ2) is 8.00. The number of benzene rings is 2. The van der Waals surface area contributed by atoms with Crippen molar-refractivity contribution in [2.45, 2.75) is 9.79 Å². The molecule has 0 spiro atoms. The van der Waals surface area contributed by atoms with Crippen LogP contribution in [0.3, 0.4) is 0 Å². The summed E-state index contributed by atoms with van der Waals surface area (Å²) < 4.78 is 27.4. The van der Waals surface area contributed by atoms with E-state index in [1.54, 1.807) is 36.0 Å². The van der Waals surface area contributed by atoms with E-state index in [2.05, 4.69) is 4.72 Å². The van der Waals surface area contributed by atoms with Gasteiger partial charge in [-0.3, -0.25) is 14.7 Å². The Morgan fingerprint density at radius 2 is 1.88 bits per heavy atom. The van der Waals surface area contributed by atoms with Crippen LogP contribution in [0.2, 0.25) is 0 Å². The first kappa shape index (κ1) is 18.1. The molecule has 126 valence electrons. The van der Waals surface area contributed by atoms with E-state index in [1.807, 2.05) is 18.4 Å². The summed E-state index contributed by atoms with van der Waals surface area (Å²) >= 11 is 1.57. The monoisotopic (exact) mass is 364 g/mol. The summed E-state index contributed by atoms with van der Waals surface area (Å²) in [5.74, 6) is -0.699. The molecular formula is C16H16N2O4S2. The van der Waals surface area contributed by atoms with Crippen molar-refractivity contribution in [1.82, 2.24) is 5.48 Å². The minimum Gasteiger partial charge on any atom is -0.288 e. The fourth-order valence-electron chi connectivity index (χ4n) is 1.87. The average Bonchev–Trinajstić information content (AvgIpc) is 2.60. The normalized spacial score (nSPS) is 11.4. The predicted molar refractivity (Wildman–Crippen MR) is 94.4 cm³/mol. The maximum atomic E-state index is 12.4. The topological polar surface area (TPSA) is 95.5 Å². The second-order valence-corrected chi connectivity index (χ2v) is 7.28. The first-order valence-electron chi connectivity index (χ1n) is 6.84. The molecule has 0 aliphatic rings. The highest BCUT2D eigenvalue weighted by atomic mass is 32.2. The average molecular weight is 364 g/mol. The van der Waals surface area contributed by atoms with Crippen molar-refractivity contribution in [1.29, 1.82) is 0 Å². The van der Waals surface area contributed by atoms with Crippen molar-refractivity contribution in [2.24, 2.45) is 0 Å². The molecule has 6 nitrogen and oxygen atoms in total. The van der Waals surface area contributed by atoms with E-state index in [9.17, 15) is 13.2 Å². The van der Waals surface area contributed by atoms with Gasteiger partial charge in [0.05, 0.1) is 4.90 Å². The summed E-state index contributed by atoms with van der Waals surface area (Å²) in [5.41, 5.74) is 2.44. The van der Waals surface area contributed by atoms with Gasteiger partial charge >= 0.3 is 0 Å². The first-order chi connectivity index (χ1) is 11.4. The lowest BCUT2D eigenvalue weighted by Crippen LogP contribution is -2.15. The molecule has 0 heterocycles. The Kier molecular flexibility index (Phi) is 6.02. The Morgan fingerprint density at radius 3 is 2.50 bits per heavy atom. The zero-order valence-corrected chi connectivity index (χ0v) is 14.4. The number of carbonyl (C=O) groups excluding carboxylic acids is 1. The van der Waals surface area contributed by atoms with E-state index in [1.165, 1.54) is 23.7 Å². The smallest absolute Gasteiger partial charge is 0.267 e. The van der Waals surface area contributed by atoms with Crippen LogP contribution in [0.25, 0.3) is 6.08 Å². The van der Waals surface area contributed by atoms with Gasteiger partial charge in [-0.1, -0.05) is 12.1 Å². The largest absolute Gasteiger partial charge is 0.288 e. The van der Waals surface area contributed by atoms with Crippen LogP contribution in [0.4, 0.5) is 5.69 Å². The van der Waals surface area contributed by atoms with Crippen molar-refractivity contribution >= 4 is 39.5 Å². The number of hydrogen-bond donors (Lipinski definition) is 3. The van der Waals surface area contributed by atoms with E-state index >= 15 is 0 Å². The molecular weight excluding hydrogens is 348 g/mol. The molecule has 2 aromatic rings. The zero-order chi connectivity index (χ0) is 17.6. The number of hydroxylamine groups is 1. The van der Waals surface area contributed by atoms with E-state index < -0.39 is 15.9 Å². The highest BCUT2D eigenvalue weighted by Gasteiger charge is 2.14. The molecule has 0 saturated carbocycles. The van der Waals surface area contributed by atoms with Crippen molar-refractivity contribution in [3.8, 4) is 0 Å². The predicted octanol–water partition coefficient (Wildman–Crippen LogP) is 2.73. The molecule has 0 saturated heterocycles. The maximum absolute atomic E-state index is 12.4. The van der Waals surface area contributed by atoms with Crippen molar-refractivity contribution in [3.05, 3.63) is 60.2 Å².